The first-order valence-electron chi connectivity index (χ1n) is 5.21. The number of carbonyl (C=O) groups excluding carboxylic acids is 2. The number of nitrogens with one attached hydrogen (secondary N) is 1. The highest BCUT2D eigenvalue weighted by atomic mass is 16.5. The molecule has 4 N–H and O–H groups in total. The molecular formula is C9H15N3O4. The van der Waals surface area contributed by atoms with Crippen molar-refractivity contribution in [1.82, 2.24) is 10.2 Å². The van der Waals surface area contributed by atoms with Crippen LogP contribution in [0, 0.1) is 0 Å². The Morgan fingerprint density at radius 1 is 1.75 bits per heavy atom. The van der Waals surface area contributed by atoms with Gasteiger partial charge in [-0.2, -0.15) is 0 Å². The average Bonchev–Trinajstić information content (AvgIpc) is 2.61. The van der Waals surface area contributed by atoms with Crippen LogP contribution < -0.4 is 11.1 Å². The third-order valence-electron chi connectivity index (χ3n) is 2.80. The van der Waals surface area contributed by atoms with Crippen LogP contribution in [0.2, 0.25) is 0 Å². The van der Waals surface area contributed by atoms with E-state index in [0.29, 0.717) is 19.5 Å². The molecule has 7 nitrogen and oxygen atoms in total. The Morgan fingerprint density at radius 3 is 3.06 bits per heavy atom. The van der Waals surface area contributed by atoms with Crippen LogP contribution in [0.25, 0.3) is 0 Å². The third kappa shape index (κ3) is 2.01. The van der Waals surface area contributed by atoms with Gasteiger partial charge >= 0.3 is 0 Å². The van der Waals surface area contributed by atoms with Crippen LogP contribution in [-0.4, -0.2) is 59.9 Å². The molecule has 0 radical (unpaired) electrons. The van der Waals surface area contributed by atoms with E-state index in [2.05, 4.69) is 5.32 Å². The van der Waals surface area contributed by atoms with Crippen molar-refractivity contribution >= 4 is 11.8 Å². The largest absolute Gasteiger partial charge is 0.394 e. The molecule has 16 heavy (non-hydrogen) atoms. The predicted molar refractivity (Wildman–Crippen MR) is 53.1 cm³/mol. The fourth-order valence-corrected chi connectivity index (χ4v) is 1.79. The van der Waals surface area contributed by atoms with Gasteiger partial charge in [-0.05, 0) is 0 Å². The van der Waals surface area contributed by atoms with E-state index in [0.717, 1.165) is 0 Å². The van der Waals surface area contributed by atoms with Gasteiger partial charge in [0.25, 0.3) is 0 Å². The van der Waals surface area contributed by atoms with Crippen molar-refractivity contribution in [2.75, 3.05) is 19.7 Å². The topological polar surface area (TPSA) is 105 Å². The Labute approximate surface area is 92.5 Å². The smallest absolute Gasteiger partial charge is 0.239 e. The van der Waals surface area contributed by atoms with E-state index < -0.39 is 11.9 Å². The number of β-lactam (4-membered cyclic amide) rings is 1. The van der Waals surface area contributed by atoms with E-state index in [-0.39, 0.29) is 24.8 Å². The van der Waals surface area contributed by atoms with E-state index >= 15 is 0 Å². The minimum atomic E-state index is -0.903. The molecule has 0 spiro atoms. The average molecular weight is 229 g/mol. The molecule has 2 aliphatic heterocycles. The van der Waals surface area contributed by atoms with Crippen molar-refractivity contribution in [3.63, 3.8) is 0 Å². The summed E-state index contributed by atoms with van der Waals surface area (Å²) in [4.78, 5) is 23.9. The number of nitrogens with two attached hydrogens (primary N) is 1. The Kier molecular flexibility index (Phi) is 3.08. The summed E-state index contributed by atoms with van der Waals surface area (Å²) in [5.74, 6) is -0.322. The number of rotatable bonds is 4. The summed E-state index contributed by atoms with van der Waals surface area (Å²) in [5, 5.41) is 11.2. The monoisotopic (exact) mass is 229 g/mol. The number of aliphatic hydroxyl groups excluding tert-OH is 1. The summed E-state index contributed by atoms with van der Waals surface area (Å²) in [5.41, 5.74) is 5.32. The minimum absolute atomic E-state index is 0.0888. The number of ether oxygens (including phenoxy) is 1. The van der Waals surface area contributed by atoms with Crippen LogP contribution in [0.1, 0.15) is 6.42 Å². The molecule has 2 rings (SSSR count). The Bertz CT molecular complexity index is 309. The Balaban J connectivity index is 1.72. The van der Waals surface area contributed by atoms with Crippen LogP contribution in [-0.2, 0) is 14.3 Å². The van der Waals surface area contributed by atoms with Gasteiger partial charge in [-0.15, -0.1) is 0 Å². The lowest BCUT2D eigenvalue weighted by Crippen LogP contribution is -2.48. The quantitative estimate of drug-likeness (QED) is 0.458. The van der Waals surface area contributed by atoms with Crippen LogP contribution in [0.15, 0.2) is 0 Å². The zero-order valence-electron chi connectivity index (χ0n) is 8.76. The normalized spacial score (nSPS) is 29.6. The number of amides is 2. The highest BCUT2D eigenvalue weighted by Crippen LogP contribution is 2.28. The van der Waals surface area contributed by atoms with E-state index in [4.69, 9.17) is 15.6 Å². The first-order chi connectivity index (χ1) is 7.61. The maximum atomic E-state index is 11.2. The summed E-state index contributed by atoms with van der Waals surface area (Å²) in [6.07, 6.45) is 0.146. The number of hydrogen-bond acceptors (Lipinski definition) is 5. The van der Waals surface area contributed by atoms with Gasteiger partial charge in [0.1, 0.15) is 12.3 Å². The van der Waals surface area contributed by atoms with E-state index in [9.17, 15) is 9.59 Å². The molecular weight excluding hydrogens is 214 g/mol. The lowest BCUT2D eigenvalue weighted by molar-refractivity contribution is -0.156. The molecule has 0 aromatic carbocycles. The molecule has 3 unspecified atom stereocenters. The van der Waals surface area contributed by atoms with Gasteiger partial charge in [-0.3, -0.25) is 9.59 Å². The number of aliphatic hydroxyl groups is 1. The zero-order chi connectivity index (χ0) is 11.7. The van der Waals surface area contributed by atoms with E-state index in [1.165, 1.54) is 0 Å². The molecule has 2 heterocycles. The molecule has 0 aromatic heterocycles. The molecule has 2 aliphatic rings. The molecule has 0 aromatic rings. The molecule has 0 bridgehead atoms. The van der Waals surface area contributed by atoms with Gasteiger partial charge in [-0.1, -0.05) is 0 Å². The van der Waals surface area contributed by atoms with Crippen molar-refractivity contribution in [3.05, 3.63) is 0 Å². The van der Waals surface area contributed by atoms with Crippen LogP contribution in [0.5, 0.6) is 0 Å². The molecule has 2 saturated heterocycles. The summed E-state index contributed by atoms with van der Waals surface area (Å²) >= 11 is 0. The minimum Gasteiger partial charge on any atom is -0.394 e. The van der Waals surface area contributed by atoms with Gasteiger partial charge in [-0.25, -0.2) is 0 Å². The number of carbonyl (C=O) groups is 2. The molecule has 7 heteroatoms. The van der Waals surface area contributed by atoms with Crippen molar-refractivity contribution in [3.8, 4) is 0 Å². The van der Waals surface area contributed by atoms with Crippen molar-refractivity contribution in [2.24, 2.45) is 5.73 Å². The van der Waals surface area contributed by atoms with E-state index in [1.54, 1.807) is 4.90 Å². The standard InChI is InChI=1S/C9H15N3O4/c10-6(4-13)9(15)11-2-5-3-12-7(14)1-8(12)16-5/h5-6,8,13H,1-4,10H2,(H,11,15). The predicted octanol–water partition coefficient (Wildman–Crippen LogP) is -2.62. The molecule has 2 amide bonds. The SMILES string of the molecule is NC(CO)C(=O)NCC1CN2C(=O)CC2O1. The summed E-state index contributed by atoms with van der Waals surface area (Å²) in [7, 11) is 0. The van der Waals surface area contributed by atoms with E-state index in [1.807, 2.05) is 0 Å². The first kappa shape index (κ1) is 11.3. The highest BCUT2D eigenvalue weighted by molar-refractivity contribution is 5.83. The van der Waals surface area contributed by atoms with Crippen molar-refractivity contribution in [1.29, 1.82) is 0 Å². The second kappa shape index (κ2) is 4.36. The molecule has 2 fully saturated rings. The third-order valence-corrected chi connectivity index (χ3v) is 2.80. The number of fused-ring (bicyclic) bond motifs is 1. The van der Waals surface area contributed by atoms with Gasteiger partial charge < -0.3 is 25.8 Å². The maximum Gasteiger partial charge on any atom is 0.239 e. The van der Waals surface area contributed by atoms with Crippen LogP contribution in [0.3, 0.4) is 0 Å². The molecule has 0 saturated carbocycles. The van der Waals surface area contributed by atoms with Crippen molar-refractivity contribution < 1.29 is 19.4 Å². The Hall–Kier alpha value is -1.18. The van der Waals surface area contributed by atoms with Gasteiger partial charge in [0, 0.05) is 6.54 Å². The summed E-state index contributed by atoms with van der Waals surface area (Å²) in [6.45, 7) is 0.440. The fourth-order valence-electron chi connectivity index (χ4n) is 1.79. The second-order valence-electron chi connectivity index (χ2n) is 4.00. The van der Waals surface area contributed by atoms with Crippen molar-refractivity contribution in [2.45, 2.75) is 24.8 Å². The number of hydrogen-bond donors (Lipinski definition) is 3. The maximum absolute atomic E-state index is 11.2. The fraction of sp³-hybridized carbons (Fsp3) is 0.778. The summed E-state index contributed by atoms with van der Waals surface area (Å²) < 4.78 is 5.48. The zero-order valence-corrected chi connectivity index (χ0v) is 8.76. The van der Waals surface area contributed by atoms with Gasteiger partial charge in [0.15, 0.2) is 0 Å². The van der Waals surface area contributed by atoms with Gasteiger partial charge in [0.2, 0.25) is 11.8 Å². The number of nitrogens with zero attached hydrogens (tertiary/aromatic N) is 1. The molecule has 3 atom stereocenters. The van der Waals surface area contributed by atoms with Crippen LogP contribution >= 0.6 is 0 Å². The second-order valence-corrected chi connectivity index (χ2v) is 4.00. The Morgan fingerprint density at radius 2 is 2.50 bits per heavy atom. The van der Waals surface area contributed by atoms with Crippen LogP contribution in [0.4, 0.5) is 0 Å². The van der Waals surface area contributed by atoms with Gasteiger partial charge in [0.05, 0.1) is 25.7 Å². The highest BCUT2D eigenvalue weighted by Gasteiger charge is 2.45. The lowest BCUT2D eigenvalue weighted by atomic mass is 10.2. The first-order valence-corrected chi connectivity index (χ1v) is 5.21. The lowest BCUT2D eigenvalue weighted by Gasteiger charge is -2.31. The molecule has 0 aliphatic carbocycles. The molecule has 90 valence electrons. The summed E-state index contributed by atoms with van der Waals surface area (Å²) in [6, 6.07) is -0.903.